The Kier molecular flexibility index (Phi) is 4.15. The fraction of sp³-hybridized carbons (Fsp3) is 0.467. The fourth-order valence-electron chi connectivity index (χ4n) is 2.66. The molecule has 0 atom stereocenters. The van der Waals surface area contributed by atoms with Gasteiger partial charge in [-0.1, -0.05) is 0 Å². The van der Waals surface area contributed by atoms with Crippen LogP contribution in [0.2, 0.25) is 0 Å². The van der Waals surface area contributed by atoms with Gasteiger partial charge in [-0.25, -0.2) is 4.39 Å². The van der Waals surface area contributed by atoms with Gasteiger partial charge in [-0.3, -0.25) is 0 Å². The van der Waals surface area contributed by atoms with E-state index in [1.807, 2.05) is 0 Å². The Hall–Kier alpha value is -1.95. The number of ether oxygens (including phenoxy) is 1. The summed E-state index contributed by atoms with van der Waals surface area (Å²) in [6, 6.07) is 4.52. The Morgan fingerprint density at radius 2 is 2.19 bits per heavy atom. The molecule has 3 rings (SSSR count). The standard InChI is InChI=1S/C15H19FN4O/c16-12-4-5-13(11(9-12)6-7-17)21-10-15-19-18-14-3-1-2-8-20(14)15/h4-5,9H,1-3,6-8,10,17H2. The molecule has 112 valence electrons. The van der Waals surface area contributed by atoms with E-state index in [1.165, 1.54) is 12.1 Å². The Balaban J connectivity index is 1.74. The van der Waals surface area contributed by atoms with Gasteiger partial charge in [0, 0.05) is 13.0 Å². The zero-order valence-corrected chi connectivity index (χ0v) is 11.9. The van der Waals surface area contributed by atoms with E-state index in [9.17, 15) is 4.39 Å². The highest BCUT2D eigenvalue weighted by molar-refractivity contribution is 5.34. The quantitative estimate of drug-likeness (QED) is 0.912. The molecule has 0 saturated carbocycles. The van der Waals surface area contributed by atoms with Gasteiger partial charge in [-0.05, 0) is 49.6 Å². The van der Waals surface area contributed by atoms with Crippen LogP contribution in [0.5, 0.6) is 5.75 Å². The molecule has 0 aliphatic carbocycles. The molecule has 0 saturated heterocycles. The molecule has 21 heavy (non-hydrogen) atoms. The van der Waals surface area contributed by atoms with E-state index in [4.69, 9.17) is 10.5 Å². The van der Waals surface area contributed by atoms with Crippen molar-refractivity contribution in [1.29, 1.82) is 0 Å². The lowest BCUT2D eigenvalue weighted by atomic mass is 10.1. The van der Waals surface area contributed by atoms with E-state index in [-0.39, 0.29) is 5.82 Å². The van der Waals surface area contributed by atoms with Crippen LogP contribution in [-0.2, 0) is 26.0 Å². The summed E-state index contributed by atoms with van der Waals surface area (Å²) < 4.78 is 21.2. The molecule has 5 nitrogen and oxygen atoms in total. The van der Waals surface area contributed by atoms with Crippen molar-refractivity contribution in [3.63, 3.8) is 0 Å². The van der Waals surface area contributed by atoms with Crippen LogP contribution in [0.1, 0.15) is 30.1 Å². The highest BCUT2D eigenvalue weighted by atomic mass is 19.1. The van der Waals surface area contributed by atoms with Crippen LogP contribution < -0.4 is 10.5 Å². The third-order valence-corrected chi connectivity index (χ3v) is 3.73. The predicted octanol–water partition coefficient (Wildman–Crippen LogP) is 1.83. The van der Waals surface area contributed by atoms with Crippen LogP contribution in [-0.4, -0.2) is 21.3 Å². The first-order valence-electron chi connectivity index (χ1n) is 7.30. The van der Waals surface area contributed by atoms with E-state index < -0.39 is 0 Å². The second kappa shape index (κ2) is 6.22. The first kappa shape index (κ1) is 14.0. The van der Waals surface area contributed by atoms with Crippen LogP contribution in [0.3, 0.4) is 0 Å². The van der Waals surface area contributed by atoms with Crippen molar-refractivity contribution in [2.24, 2.45) is 5.73 Å². The summed E-state index contributed by atoms with van der Waals surface area (Å²) in [6.07, 6.45) is 3.87. The molecule has 1 aromatic heterocycles. The molecule has 2 heterocycles. The van der Waals surface area contributed by atoms with Crippen molar-refractivity contribution < 1.29 is 9.13 Å². The molecule has 1 aliphatic rings. The minimum Gasteiger partial charge on any atom is -0.485 e. The second-order valence-electron chi connectivity index (χ2n) is 5.22. The summed E-state index contributed by atoms with van der Waals surface area (Å²) in [4.78, 5) is 0. The molecule has 0 fully saturated rings. The number of hydrogen-bond acceptors (Lipinski definition) is 4. The minimum atomic E-state index is -0.273. The van der Waals surface area contributed by atoms with Crippen molar-refractivity contribution in [2.45, 2.75) is 38.8 Å². The molecule has 0 amide bonds. The third kappa shape index (κ3) is 3.05. The van der Waals surface area contributed by atoms with Gasteiger partial charge in [0.1, 0.15) is 24.0 Å². The van der Waals surface area contributed by atoms with Crippen LogP contribution in [0.15, 0.2) is 18.2 Å². The van der Waals surface area contributed by atoms with Gasteiger partial charge in [0.05, 0.1) is 0 Å². The number of hydrogen-bond donors (Lipinski definition) is 1. The molecule has 6 heteroatoms. The van der Waals surface area contributed by atoms with Crippen molar-refractivity contribution in [1.82, 2.24) is 14.8 Å². The maximum Gasteiger partial charge on any atom is 0.171 e. The molecule has 0 bridgehead atoms. The van der Waals surface area contributed by atoms with Crippen LogP contribution in [0.4, 0.5) is 4.39 Å². The van der Waals surface area contributed by atoms with Gasteiger partial charge in [-0.15, -0.1) is 10.2 Å². The lowest BCUT2D eigenvalue weighted by Crippen LogP contribution is -2.15. The average molecular weight is 290 g/mol. The molecule has 1 aromatic carbocycles. The summed E-state index contributed by atoms with van der Waals surface area (Å²) in [5.41, 5.74) is 6.34. The SMILES string of the molecule is NCCc1cc(F)ccc1OCc1nnc2n1CCCC2. The Morgan fingerprint density at radius 3 is 3.05 bits per heavy atom. The van der Waals surface area contributed by atoms with Gasteiger partial charge in [0.15, 0.2) is 5.82 Å². The topological polar surface area (TPSA) is 66.0 Å². The minimum absolute atomic E-state index is 0.273. The van der Waals surface area contributed by atoms with Crippen molar-refractivity contribution in [2.75, 3.05) is 6.54 Å². The second-order valence-corrected chi connectivity index (χ2v) is 5.22. The number of rotatable bonds is 5. The summed E-state index contributed by atoms with van der Waals surface area (Å²) in [5.74, 6) is 2.24. The largest absolute Gasteiger partial charge is 0.485 e. The fourth-order valence-corrected chi connectivity index (χ4v) is 2.66. The number of aryl methyl sites for hydroxylation is 1. The van der Waals surface area contributed by atoms with Crippen LogP contribution >= 0.6 is 0 Å². The Bertz CT molecular complexity index is 626. The van der Waals surface area contributed by atoms with E-state index in [0.717, 1.165) is 43.0 Å². The highest BCUT2D eigenvalue weighted by Crippen LogP contribution is 2.22. The van der Waals surface area contributed by atoms with Gasteiger partial charge >= 0.3 is 0 Å². The van der Waals surface area contributed by atoms with E-state index in [1.54, 1.807) is 6.07 Å². The monoisotopic (exact) mass is 290 g/mol. The van der Waals surface area contributed by atoms with E-state index in [0.29, 0.717) is 25.3 Å². The molecular formula is C15H19FN4O. The molecule has 2 aromatic rings. The molecule has 0 radical (unpaired) electrons. The zero-order valence-electron chi connectivity index (χ0n) is 11.9. The third-order valence-electron chi connectivity index (χ3n) is 3.73. The summed E-state index contributed by atoms with van der Waals surface area (Å²) in [6.45, 7) is 1.75. The first-order chi connectivity index (χ1) is 10.3. The molecule has 2 N–H and O–H groups in total. The van der Waals surface area contributed by atoms with Crippen molar-refractivity contribution in [3.05, 3.63) is 41.2 Å². The number of fused-ring (bicyclic) bond motifs is 1. The maximum atomic E-state index is 13.3. The Labute approximate surface area is 122 Å². The summed E-state index contributed by atoms with van der Waals surface area (Å²) in [7, 11) is 0. The smallest absolute Gasteiger partial charge is 0.171 e. The predicted molar refractivity (Wildman–Crippen MR) is 76.5 cm³/mol. The first-order valence-corrected chi connectivity index (χ1v) is 7.30. The van der Waals surface area contributed by atoms with Crippen LogP contribution in [0, 0.1) is 5.82 Å². The van der Waals surface area contributed by atoms with Gasteiger partial charge < -0.3 is 15.0 Å². The lowest BCUT2D eigenvalue weighted by molar-refractivity contribution is 0.283. The van der Waals surface area contributed by atoms with Gasteiger partial charge in [0.25, 0.3) is 0 Å². The highest BCUT2D eigenvalue weighted by Gasteiger charge is 2.16. The number of halogens is 1. The number of aromatic nitrogens is 3. The normalized spacial score (nSPS) is 14.0. The average Bonchev–Trinajstić information content (AvgIpc) is 2.90. The van der Waals surface area contributed by atoms with Crippen molar-refractivity contribution >= 4 is 0 Å². The van der Waals surface area contributed by atoms with Crippen LogP contribution in [0.25, 0.3) is 0 Å². The summed E-state index contributed by atoms with van der Waals surface area (Å²) >= 11 is 0. The van der Waals surface area contributed by atoms with Gasteiger partial charge in [0.2, 0.25) is 0 Å². The zero-order chi connectivity index (χ0) is 14.7. The van der Waals surface area contributed by atoms with Crippen molar-refractivity contribution in [3.8, 4) is 5.75 Å². The van der Waals surface area contributed by atoms with E-state index in [2.05, 4.69) is 14.8 Å². The molecular weight excluding hydrogens is 271 g/mol. The van der Waals surface area contributed by atoms with E-state index >= 15 is 0 Å². The maximum absolute atomic E-state index is 13.3. The number of nitrogens with zero attached hydrogens (tertiary/aromatic N) is 3. The molecule has 0 spiro atoms. The summed E-state index contributed by atoms with van der Waals surface area (Å²) in [5, 5.41) is 8.39. The molecule has 0 unspecified atom stereocenters. The number of benzene rings is 1. The number of nitrogens with two attached hydrogens (primary N) is 1. The molecule has 1 aliphatic heterocycles. The lowest BCUT2D eigenvalue weighted by Gasteiger charge is -2.15. The Morgan fingerprint density at radius 1 is 1.29 bits per heavy atom. The van der Waals surface area contributed by atoms with Gasteiger partial charge in [-0.2, -0.15) is 0 Å².